The van der Waals surface area contributed by atoms with Crippen LogP contribution >= 0.6 is 0 Å². The van der Waals surface area contributed by atoms with Gasteiger partial charge in [0.25, 0.3) is 0 Å². The molecule has 0 amide bonds. The Bertz CT molecular complexity index is 1410. The van der Waals surface area contributed by atoms with Crippen LogP contribution in [0, 0.1) is 5.82 Å². The molecule has 8 nitrogen and oxygen atoms in total. The number of aromatic amines is 1. The summed E-state index contributed by atoms with van der Waals surface area (Å²) in [5, 5.41) is 15.3. The molecule has 2 N–H and O–H groups in total. The highest BCUT2D eigenvalue weighted by Gasteiger charge is 2.34. The summed E-state index contributed by atoms with van der Waals surface area (Å²) in [6.07, 6.45) is 6.59. The number of anilines is 1. The summed E-state index contributed by atoms with van der Waals surface area (Å²) in [5.41, 5.74) is 4.28. The van der Waals surface area contributed by atoms with Crippen molar-refractivity contribution < 1.29 is 9.50 Å². The number of halogens is 1. The molecule has 0 saturated carbocycles. The van der Waals surface area contributed by atoms with E-state index in [1.54, 1.807) is 37.1 Å². The van der Waals surface area contributed by atoms with E-state index in [0.29, 0.717) is 29.3 Å². The topological polar surface area (TPSA) is 95.2 Å². The number of aromatic nitrogens is 6. The van der Waals surface area contributed by atoms with Crippen molar-refractivity contribution in [1.82, 2.24) is 29.5 Å². The molecular formula is C24H20FN7O. The number of fused-ring (bicyclic) bond motifs is 2. The Balaban J connectivity index is 1.38. The highest BCUT2D eigenvalue weighted by molar-refractivity contribution is 5.53. The molecule has 9 heteroatoms. The highest BCUT2D eigenvalue weighted by atomic mass is 19.1. The van der Waals surface area contributed by atoms with Crippen LogP contribution in [-0.4, -0.2) is 41.2 Å². The number of pyridine rings is 1. The molecule has 5 aromatic rings. The van der Waals surface area contributed by atoms with Crippen molar-refractivity contribution in [2.24, 2.45) is 0 Å². The number of H-pyrrole nitrogens is 1. The van der Waals surface area contributed by atoms with Crippen LogP contribution in [0.5, 0.6) is 0 Å². The molecule has 0 spiro atoms. The molecule has 1 aliphatic heterocycles. The average molecular weight is 441 g/mol. The van der Waals surface area contributed by atoms with E-state index in [2.05, 4.69) is 25.0 Å². The number of benzene rings is 1. The van der Waals surface area contributed by atoms with Gasteiger partial charge in [-0.1, -0.05) is 30.3 Å². The number of aliphatic hydroxyl groups is 1. The molecule has 1 unspecified atom stereocenters. The van der Waals surface area contributed by atoms with Gasteiger partial charge < -0.3 is 15.0 Å². The first-order chi connectivity index (χ1) is 16.2. The number of hydrogen-bond donors (Lipinski definition) is 2. The Morgan fingerprint density at radius 3 is 2.64 bits per heavy atom. The molecule has 1 aliphatic rings. The lowest BCUT2D eigenvalue weighted by molar-refractivity contribution is 0.219. The van der Waals surface area contributed by atoms with E-state index in [1.807, 2.05) is 35.2 Å². The van der Waals surface area contributed by atoms with E-state index >= 15 is 0 Å². The van der Waals surface area contributed by atoms with Crippen molar-refractivity contribution in [1.29, 1.82) is 0 Å². The minimum Gasteiger partial charge on any atom is -0.384 e. The largest absolute Gasteiger partial charge is 0.384 e. The summed E-state index contributed by atoms with van der Waals surface area (Å²) in [6.45, 7) is 0.636. The van der Waals surface area contributed by atoms with E-state index in [4.69, 9.17) is 0 Å². The van der Waals surface area contributed by atoms with Gasteiger partial charge in [0.05, 0.1) is 17.7 Å². The zero-order valence-corrected chi connectivity index (χ0v) is 17.5. The van der Waals surface area contributed by atoms with Crippen molar-refractivity contribution in [3.8, 4) is 0 Å². The van der Waals surface area contributed by atoms with Gasteiger partial charge in [0, 0.05) is 42.8 Å². The number of hydrogen-bond acceptors (Lipinski definition) is 6. The van der Waals surface area contributed by atoms with Crippen molar-refractivity contribution >= 4 is 11.5 Å². The monoisotopic (exact) mass is 441 g/mol. The van der Waals surface area contributed by atoms with Crippen molar-refractivity contribution in [3.63, 3.8) is 0 Å². The van der Waals surface area contributed by atoms with Gasteiger partial charge in [0.2, 0.25) is 5.95 Å². The molecule has 6 rings (SSSR count). The van der Waals surface area contributed by atoms with E-state index < -0.39 is 6.10 Å². The minimum absolute atomic E-state index is 0.337. The Kier molecular flexibility index (Phi) is 4.62. The molecule has 0 aliphatic carbocycles. The van der Waals surface area contributed by atoms with Crippen LogP contribution in [0.4, 0.5) is 10.3 Å². The van der Waals surface area contributed by atoms with Gasteiger partial charge in [-0.3, -0.25) is 0 Å². The van der Waals surface area contributed by atoms with Crippen molar-refractivity contribution in [2.75, 3.05) is 11.4 Å². The van der Waals surface area contributed by atoms with Crippen LogP contribution in [0.25, 0.3) is 5.52 Å². The summed E-state index contributed by atoms with van der Waals surface area (Å²) in [6, 6.07) is 13.8. The van der Waals surface area contributed by atoms with Gasteiger partial charge in [-0.05, 0) is 23.8 Å². The van der Waals surface area contributed by atoms with Gasteiger partial charge in [0.1, 0.15) is 23.5 Å². The van der Waals surface area contributed by atoms with Gasteiger partial charge in [-0.25, -0.2) is 23.9 Å². The molecule has 0 radical (unpaired) electrons. The standard InChI is InChI=1S/C24H20FN7O/c25-17-7-4-9-32-20(17)11-19(30-32)22-21-18(28-14-29-21)8-10-31(22)24-26-12-16(13-27-24)23(33)15-5-2-1-3-6-15/h1-7,9,11-14,22-23,33H,8,10H2,(H,28,29)/t22-,23?/m1/s1. The van der Waals surface area contributed by atoms with E-state index in [1.165, 1.54) is 10.6 Å². The second-order valence-electron chi connectivity index (χ2n) is 8.00. The van der Waals surface area contributed by atoms with Crippen molar-refractivity contribution in [3.05, 3.63) is 107 Å². The fourth-order valence-corrected chi connectivity index (χ4v) is 4.37. The van der Waals surface area contributed by atoms with Gasteiger partial charge in [0.15, 0.2) is 0 Å². The molecule has 4 aromatic heterocycles. The summed E-state index contributed by atoms with van der Waals surface area (Å²) < 4.78 is 15.9. The molecule has 33 heavy (non-hydrogen) atoms. The zero-order valence-electron chi connectivity index (χ0n) is 17.5. The third-order valence-electron chi connectivity index (χ3n) is 6.02. The average Bonchev–Trinajstić information content (AvgIpc) is 3.51. The van der Waals surface area contributed by atoms with Crippen LogP contribution in [0.2, 0.25) is 0 Å². The SMILES string of the molecule is OC(c1ccccc1)c1cnc(N2CCc3[nH]cnc3[C@H]2c2cc3c(F)cccn3n2)nc1. The molecule has 0 fully saturated rings. The van der Waals surface area contributed by atoms with E-state index in [-0.39, 0.29) is 11.9 Å². The molecule has 0 bridgehead atoms. The lowest BCUT2D eigenvalue weighted by atomic mass is 10.00. The first-order valence-corrected chi connectivity index (χ1v) is 10.7. The summed E-state index contributed by atoms with van der Waals surface area (Å²) in [5.74, 6) is 0.159. The second kappa shape index (κ2) is 7.79. The lowest BCUT2D eigenvalue weighted by Crippen LogP contribution is -2.37. The van der Waals surface area contributed by atoms with Gasteiger partial charge in [-0.15, -0.1) is 0 Å². The Hall–Kier alpha value is -4.11. The summed E-state index contributed by atoms with van der Waals surface area (Å²) >= 11 is 0. The number of nitrogens with zero attached hydrogens (tertiary/aromatic N) is 6. The maximum Gasteiger partial charge on any atom is 0.226 e. The van der Waals surface area contributed by atoms with Crippen LogP contribution in [0.3, 0.4) is 0 Å². The molecule has 5 heterocycles. The van der Waals surface area contributed by atoms with Crippen LogP contribution in [-0.2, 0) is 6.42 Å². The fraction of sp³-hybridized carbons (Fsp3) is 0.167. The summed E-state index contributed by atoms with van der Waals surface area (Å²) in [7, 11) is 0. The van der Waals surface area contributed by atoms with Gasteiger partial charge in [-0.2, -0.15) is 5.10 Å². The van der Waals surface area contributed by atoms with Gasteiger partial charge >= 0.3 is 0 Å². The quantitative estimate of drug-likeness (QED) is 0.445. The predicted molar refractivity (Wildman–Crippen MR) is 119 cm³/mol. The number of imidazole rings is 1. The minimum atomic E-state index is -0.809. The lowest BCUT2D eigenvalue weighted by Gasteiger charge is -2.34. The van der Waals surface area contributed by atoms with E-state index in [0.717, 1.165) is 23.4 Å². The third kappa shape index (κ3) is 3.33. The number of rotatable bonds is 4. The molecule has 2 atom stereocenters. The molecule has 0 saturated heterocycles. The first-order valence-electron chi connectivity index (χ1n) is 10.7. The van der Waals surface area contributed by atoms with Crippen molar-refractivity contribution in [2.45, 2.75) is 18.6 Å². The Labute approximate surface area is 188 Å². The Morgan fingerprint density at radius 1 is 1.03 bits per heavy atom. The number of nitrogens with one attached hydrogen (secondary N) is 1. The summed E-state index contributed by atoms with van der Waals surface area (Å²) in [4.78, 5) is 18.9. The van der Waals surface area contributed by atoms with Crippen LogP contribution in [0.1, 0.15) is 40.4 Å². The molecule has 1 aromatic carbocycles. The molecule has 164 valence electrons. The highest BCUT2D eigenvalue weighted by Crippen LogP contribution is 2.35. The predicted octanol–water partition coefficient (Wildman–Crippen LogP) is 3.22. The second-order valence-corrected chi connectivity index (χ2v) is 8.00. The van der Waals surface area contributed by atoms with E-state index in [9.17, 15) is 9.50 Å². The van der Waals surface area contributed by atoms with Crippen LogP contribution < -0.4 is 4.90 Å². The normalized spacial score (nSPS) is 16.7. The third-order valence-corrected chi connectivity index (χ3v) is 6.02. The zero-order chi connectivity index (χ0) is 22.4. The first kappa shape index (κ1) is 19.6. The van der Waals surface area contributed by atoms with Crippen LogP contribution in [0.15, 0.2) is 73.4 Å². The maximum absolute atomic E-state index is 14.3. The maximum atomic E-state index is 14.3. The number of aliphatic hydroxyl groups excluding tert-OH is 1. The molecular weight excluding hydrogens is 421 g/mol. The fourth-order valence-electron chi connectivity index (χ4n) is 4.37. The Morgan fingerprint density at radius 2 is 1.85 bits per heavy atom. The smallest absolute Gasteiger partial charge is 0.226 e.